The molecule has 3 rings (SSSR count). The number of nitrogens with one attached hydrogen (secondary N) is 1. The molecule has 1 fully saturated rings. The topological polar surface area (TPSA) is 58.6 Å². The number of hydrogen-bond acceptors (Lipinski definition) is 3. The van der Waals surface area contributed by atoms with Crippen molar-refractivity contribution in [3.8, 4) is 5.75 Å². The number of hydrogen-bond donors (Lipinski definition) is 2. The molecule has 4 heteroatoms. The number of rotatable bonds is 4. The molecular formula is C17H23NO3. The Labute approximate surface area is 125 Å². The van der Waals surface area contributed by atoms with Crippen LogP contribution in [0.15, 0.2) is 12.1 Å². The number of carbonyl (C=O) groups excluding carboxylic acids is 1. The molecule has 4 nitrogen and oxygen atoms in total. The molecule has 21 heavy (non-hydrogen) atoms. The third kappa shape index (κ3) is 2.91. The average molecular weight is 289 g/mol. The van der Waals surface area contributed by atoms with Gasteiger partial charge in [0, 0.05) is 17.9 Å². The van der Waals surface area contributed by atoms with Crippen LogP contribution < -0.4 is 10.1 Å². The molecule has 1 saturated carbocycles. The van der Waals surface area contributed by atoms with Gasteiger partial charge in [-0.15, -0.1) is 0 Å². The van der Waals surface area contributed by atoms with Crippen molar-refractivity contribution >= 4 is 5.91 Å². The molecule has 1 aromatic rings. The van der Waals surface area contributed by atoms with Gasteiger partial charge in [-0.2, -0.15) is 0 Å². The van der Waals surface area contributed by atoms with E-state index in [0.717, 1.165) is 41.7 Å². The molecule has 114 valence electrons. The number of carbonyl (C=O) groups is 1. The van der Waals surface area contributed by atoms with E-state index in [4.69, 9.17) is 4.74 Å². The van der Waals surface area contributed by atoms with Crippen molar-refractivity contribution in [2.24, 2.45) is 5.92 Å². The molecule has 2 atom stereocenters. The molecule has 1 aliphatic heterocycles. The van der Waals surface area contributed by atoms with Crippen LogP contribution >= 0.6 is 0 Å². The maximum absolute atomic E-state index is 12.0. The number of fused-ring (bicyclic) bond motifs is 1. The number of aryl methyl sites for hydroxylation is 1. The van der Waals surface area contributed by atoms with Crippen LogP contribution in [-0.2, 0) is 4.79 Å². The molecule has 0 bridgehead atoms. The molecule has 0 radical (unpaired) electrons. The van der Waals surface area contributed by atoms with E-state index in [1.54, 1.807) is 0 Å². The van der Waals surface area contributed by atoms with E-state index in [9.17, 15) is 9.90 Å². The Morgan fingerprint density at radius 1 is 1.43 bits per heavy atom. The summed E-state index contributed by atoms with van der Waals surface area (Å²) in [6.07, 6.45) is 3.02. The molecule has 1 aliphatic carbocycles. The van der Waals surface area contributed by atoms with Gasteiger partial charge >= 0.3 is 0 Å². The summed E-state index contributed by atoms with van der Waals surface area (Å²) < 4.78 is 5.78. The van der Waals surface area contributed by atoms with Gasteiger partial charge in [0.25, 0.3) is 0 Å². The van der Waals surface area contributed by atoms with Crippen LogP contribution in [0.1, 0.15) is 61.4 Å². The summed E-state index contributed by atoms with van der Waals surface area (Å²) in [5, 5.41) is 13.2. The van der Waals surface area contributed by atoms with E-state index >= 15 is 0 Å². The smallest absolute Gasteiger partial charge is 0.223 e. The first-order valence-electron chi connectivity index (χ1n) is 7.85. The Bertz CT molecular complexity index is 551. The van der Waals surface area contributed by atoms with E-state index in [2.05, 4.69) is 5.32 Å². The van der Waals surface area contributed by atoms with Gasteiger partial charge in [0.15, 0.2) is 0 Å². The molecule has 2 unspecified atom stereocenters. The molecule has 0 spiro atoms. The lowest BCUT2D eigenvalue weighted by Gasteiger charge is -2.29. The lowest BCUT2D eigenvalue weighted by atomic mass is 9.93. The molecule has 2 N–H and O–H groups in total. The standard InChI is InChI=1S/C17H23NO3/c1-3-15(19)12-8-10(2)16-13(9-12)14(6-7-21-16)18-17(20)11-4-5-11/h8-9,11,14-15,19H,3-7H2,1-2H3,(H,18,20). The van der Waals surface area contributed by atoms with Crippen molar-refractivity contribution in [3.05, 3.63) is 28.8 Å². The second-order valence-electron chi connectivity index (χ2n) is 6.15. The van der Waals surface area contributed by atoms with Gasteiger partial charge in [0.2, 0.25) is 5.91 Å². The fourth-order valence-electron chi connectivity index (χ4n) is 2.93. The zero-order valence-electron chi connectivity index (χ0n) is 12.7. The maximum Gasteiger partial charge on any atom is 0.223 e. The molecule has 1 amide bonds. The second-order valence-corrected chi connectivity index (χ2v) is 6.15. The predicted molar refractivity (Wildman–Crippen MR) is 80.1 cm³/mol. The predicted octanol–water partition coefficient (Wildman–Crippen LogP) is 2.79. The third-order valence-electron chi connectivity index (χ3n) is 4.39. The Morgan fingerprint density at radius 2 is 2.19 bits per heavy atom. The summed E-state index contributed by atoms with van der Waals surface area (Å²) in [5.74, 6) is 1.24. The number of benzene rings is 1. The number of ether oxygens (including phenoxy) is 1. The largest absolute Gasteiger partial charge is 0.493 e. The summed E-state index contributed by atoms with van der Waals surface area (Å²) in [6.45, 7) is 4.58. The van der Waals surface area contributed by atoms with Crippen LogP contribution in [0, 0.1) is 12.8 Å². The van der Waals surface area contributed by atoms with Crippen molar-refractivity contribution < 1.29 is 14.6 Å². The third-order valence-corrected chi connectivity index (χ3v) is 4.39. The number of aliphatic hydroxyl groups excluding tert-OH is 1. The van der Waals surface area contributed by atoms with Crippen molar-refractivity contribution in [1.29, 1.82) is 0 Å². The van der Waals surface area contributed by atoms with Crippen molar-refractivity contribution in [1.82, 2.24) is 5.32 Å². The molecule has 0 aromatic heterocycles. The minimum absolute atomic E-state index is 0.00422. The Morgan fingerprint density at radius 3 is 2.86 bits per heavy atom. The molecule has 2 aliphatic rings. The van der Waals surface area contributed by atoms with E-state index in [-0.39, 0.29) is 17.9 Å². The Balaban J connectivity index is 1.90. The van der Waals surface area contributed by atoms with Gasteiger partial charge in [0.1, 0.15) is 5.75 Å². The van der Waals surface area contributed by atoms with E-state index in [0.29, 0.717) is 13.0 Å². The minimum Gasteiger partial charge on any atom is -0.493 e. The average Bonchev–Trinajstić information content (AvgIpc) is 3.31. The van der Waals surface area contributed by atoms with Crippen LogP contribution in [0.3, 0.4) is 0 Å². The van der Waals surface area contributed by atoms with Crippen LogP contribution in [0.4, 0.5) is 0 Å². The summed E-state index contributed by atoms with van der Waals surface area (Å²) in [6, 6.07) is 3.98. The highest BCUT2D eigenvalue weighted by Crippen LogP contribution is 2.38. The fraction of sp³-hybridized carbons (Fsp3) is 0.588. The molecule has 1 aromatic carbocycles. The normalized spacial score (nSPS) is 22.1. The number of aliphatic hydroxyl groups is 1. The summed E-state index contributed by atoms with van der Waals surface area (Å²) in [7, 11) is 0. The van der Waals surface area contributed by atoms with Crippen LogP contribution in [0.5, 0.6) is 5.75 Å². The monoisotopic (exact) mass is 289 g/mol. The van der Waals surface area contributed by atoms with Crippen molar-refractivity contribution in [2.45, 2.75) is 51.7 Å². The highest BCUT2D eigenvalue weighted by Gasteiger charge is 2.33. The van der Waals surface area contributed by atoms with E-state index < -0.39 is 6.10 Å². The van der Waals surface area contributed by atoms with Gasteiger partial charge in [-0.3, -0.25) is 4.79 Å². The SMILES string of the molecule is CCC(O)c1cc(C)c2c(c1)C(NC(=O)C1CC1)CCO2. The quantitative estimate of drug-likeness (QED) is 0.896. The minimum atomic E-state index is -0.462. The summed E-state index contributed by atoms with van der Waals surface area (Å²) >= 11 is 0. The van der Waals surface area contributed by atoms with Crippen LogP contribution in [-0.4, -0.2) is 17.6 Å². The first-order valence-corrected chi connectivity index (χ1v) is 7.85. The zero-order chi connectivity index (χ0) is 15.0. The maximum atomic E-state index is 12.0. The van der Waals surface area contributed by atoms with Crippen molar-refractivity contribution in [3.63, 3.8) is 0 Å². The van der Waals surface area contributed by atoms with Gasteiger partial charge in [-0.05, 0) is 49.4 Å². The van der Waals surface area contributed by atoms with Gasteiger partial charge in [-0.25, -0.2) is 0 Å². The van der Waals surface area contributed by atoms with Gasteiger partial charge < -0.3 is 15.2 Å². The van der Waals surface area contributed by atoms with Crippen molar-refractivity contribution in [2.75, 3.05) is 6.61 Å². The zero-order valence-corrected chi connectivity index (χ0v) is 12.7. The summed E-state index contributed by atoms with van der Waals surface area (Å²) in [5.41, 5.74) is 2.95. The Kier molecular flexibility index (Phi) is 3.89. The van der Waals surface area contributed by atoms with Crippen LogP contribution in [0.2, 0.25) is 0 Å². The van der Waals surface area contributed by atoms with Gasteiger partial charge in [0.05, 0.1) is 18.8 Å². The highest BCUT2D eigenvalue weighted by atomic mass is 16.5. The first kappa shape index (κ1) is 14.4. The highest BCUT2D eigenvalue weighted by molar-refractivity contribution is 5.81. The Hall–Kier alpha value is -1.55. The van der Waals surface area contributed by atoms with E-state index in [1.807, 2.05) is 26.0 Å². The lowest BCUT2D eigenvalue weighted by Crippen LogP contribution is -2.33. The molecule has 1 heterocycles. The molecular weight excluding hydrogens is 266 g/mol. The second kappa shape index (κ2) is 5.68. The fourth-order valence-corrected chi connectivity index (χ4v) is 2.93. The molecule has 0 saturated heterocycles. The number of amides is 1. The van der Waals surface area contributed by atoms with Crippen LogP contribution in [0.25, 0.3) is 0 Å². The van der Waals surface area contributed by atoms with Gasteiger partial charge in [-0.1, -0.05) is 6.92 Å². The summed E-state index contributed by atoms with van der Waals surface area (Å²) in [4.78, 5) is 12.0. The van der Waals surface area contributed by atoms with E-state index in [1.165, 1.54) is 0 Å². The lowest BCUT2D eigenvalue weighted by molar-refractivity contribution is -0.123. The first-order chi connectivity index (χ1) is 10.1.